The van der Waals surface area contributed by atoms with Gasteiger partial charge in [-0.1, -0.05) is 78.9 Å². The number of piperazine rings is 1. The maximum Gasteiger partial charge on any atom is 0.246 e. The van der Waals surface area contributed by atoms with E-state index >= 15 is 0 Å². The van der Waals surface area contributed by atoms with Crippen LogP contribution in [0, 0.1) is 0 Å². The zero-order valence-electron chi connectivity index (χ0n) is 19.3. The Morgan fingerprint density at radius 3 is 1.88 bits per heavy atom. The molecule has 0 aliphatic carbocycles. The smallest absolute Gasteiger partial charge is 0.246 e. The minimum atomic E-state index is -0.262. The maximum absolute atomic E-state index is 12.6. The molecule has 1 aliphatic rings. The summed E-state index contributed by atoms with van der Waals surface area (Å²) in [5.41, 5.74) is 3.36. The van der Waals surface area contributed by atoms with Crippen molar-refractivity contribution >= 4 is 11.6 Å². The van der Waals surface area contributed by atoms with Crippen LogP contribution in [0.4, 0.5) is 5.69 Å². The number of amides is 1. The summed E-state index contributed by atoms with van der Waals surface area (Å²) in [7, 11) is 0. The standard InChI is InChI=1S/C28H33N3O2/c1-23(30-17-19-31(20-18-30)26-15-9-4-10-16-26)21-29-27(32)22-33-28(24-11-5-2-6-12-24)25-13-7-3-8-14-25/h2-16,23,28H,17-22H2,1H3,(H,29,32)/t23-/m0/s1. The van der Waals surface area contributed by atoms with Crippen LogP contribution >= 0.6 is 0 Å². The third-order valence-corrected chi connectivity index (χ3v) is 6.24. The second kappa shape index (κ2) is 11.6. The summed E-state index contributed by atoms with van der Waals surface area (Å²) in [6, 6.07) is 30.9. The lowest BCUT2D eigenvalue weighted by Crippen LogP contribution is -2.52. The van der Waals surface area contributed by atoms with E-state index < -0.39 is 0 Å². The number of anilines is 1. The first-order valence-corrected chi connectivity index (χ1v) is 11.7. The number of hydrogen-bond acceptors (Lipinski definition) is 4. The molecule has 0 unspecified atom stereocenters. The number of ether oxygens (including phenoxy) is 1. The van der Waals surface area contributed by atoms with E-state index in [-0.39, 0.29) is 24.7 Å². The molecule has 5 heteroatoms. The fourth-order valence-electron chi connectivity index (χ4n) is 4.30. The highest BCUT2D eigenvalue weighted by Gasteiger charge is 2.22. The zero-order valence-corrected chi connectivity index (χ0v) is 19.3. The Balaban J connectivity index is 1.24. The molecule has 3 aromatic rings. The van der Waals surface area contributed by atoms with Crippen LogP contribution in [0.2, 0.25) is 0 Å². The van der Waals surface area contributed by atoms with Crippen LogP contribution in [0.15, 0.2) is 91.0 Å². The Bertz CT molecular complexity index is 934. The number of rotatable bonds is 9. The third-order valence-electron chi connectivity index (χ3n) is 6.24. The van der Waals surface area contributed by atoms with Gasteiger partial charge in [-0.3, -0.25) is 9.69 Å². The molecule has 172 valence electrons. The molecule has 0 aromatic heterocycles. The van der Waals surface area contributed by atoms with Gasteiger partial charge in [0.1, 0.15) is 12.7 Å². The summed E-state index contributed by atoms with van der Waals surface area (Å²) < 4.78 is 6.08. The lowest BCUT2D eigenvalue weighted by Gasteiger charge is -2.39. The molecule has 1 N–H and O–H groups in total. The van der Waals surface area contributed by atoms with Gasteiger partial charge in [-0.2, -0.15) is 0 Å². The van der Waals surface area contributed by atoms with Crippen LogP contribution < -0.4 is 10.2 Å². The Labute approximate surface area is 197 Å². The normalized spacial score (nSPS) is 15.4. The van der Waals surface area contributed by atoms with Crippen molar-refractivity contribution in [2.45, 2.75) is 19.1 Å². The van der Waals surface area contributed by atoms with E-state index in [9.17, 15) is 4.79 Å². The van der Waals surface area contributed by atoms with E-state index in [4.69, 9.17) is 4.74 Å². The molecule has 1 fully saturated rings. The van der Waals surface area contributed by atoms with E-state index in [1.165, 1.54) is 5.69 Å². The fraction of sp³-hybridized carbons (Fsp3) is 0.321. The van der Waals surface area contributed by atoms with Crippen molar-refractivity contribution in [2.75, 3.05) is 44.2 Å². The van der Waals surface area contributed by atoms with Crippen molar-refractivity contribution in [2.24, 2.45) is 0 Å². The highest BCUT2D eigenvalue weighted by atomic mass is 16.5. The number of nitrogens with one attached hydrogen (secondary N) is 1. The van der Waals surface area contributed by atoms with Crippen molar-refractivity contribution < 1.29 is 9.53 Å². The van der Waals surface area contributed by atoms with Crippen molar-refractivity contribution in [3.05, 3.63) is 102 Å². The van der Waals surface area contributed by atoms with Crippen LogP contribution in [-0.2, 0) is 9.53 Å². The van der Waals surface area contributed by atoms with Crippen LogP contribution in [0.5, 0.6) is 0 Å². The van der Waals surface area contributed by atoms with Crippen LogP contribution in [0.1, 0.15) is 24.2 Å². The average Bonchev–Trinajstić information content (AvgIpc) is 2.89. The Morgan fingerprint density at radius 1 is 0.818 bits per heavy atom. The number of benzene rings is 3. The molecular weight excluding hydrogens is 410 g/mol. The van der Waals surface area contributed by atoms with E-state index in [0.717, 1.165) is 37.3 Å². The van der Waals surface area contributed by atoms with E-state index in [1.807, 2.05) is 60.7 Å². The average molecular weight is 444 g/mol. The summed E-state index contributed by atoms with van der Waals surface area (Å²) in [5.74, 6) is -0.0818. The molecule has 1 heterocycles. The Hall–Kier alpha value is -3.15. The van der Waals surface area contributed by atoms with Crippen molar-refractivity contribution in [3.63, 3.8) is 0 Å². The predicted molar refractivity (Wildman–Crippen MR) is 133 cm³/mol. The van der Waals surface area contributed by atoms with Gasteiger partial charge >= 0.3 is 0 Å². The molecule has 1 aliphatic heterocycles. The summed E-state index contributed by atoms with van der Waals surface area (Å²) in [6.07, 6.45) is -0.262. The van der Waals surface area contributed by atoms with Crippen molar-refractivity contribution in [1.29, 1.82) is 0 Å². The summed E-state index contributed by atoms with van der Waals surface area (Å²) in [6.45, 7) is 6.81. The van der Waals surface area contributed by atoms with E-state index in [1.54, 1.807) is 0 Å². The molecule has 3 aromatic carbocycles. The first kappa shape index (κ1) is 23.0. The summed E-state index contributed by atoms with van der Waals surface area (Å²) in [4.78, 5) is 17.4. The molecule has 0 spiro atoms. The van der Waals surface area contributed by atoms with Gasteiger partial charge in [0.15, 0.2) is 0 Å². The van der Waals surface area contributed by atoms with E-state index in [2.05, 4.69) is 52.4 Å². The molecule has 0 saturated carbocycles. The van der Waals surface area contributed by atoms with E-state index in [0.29, 0.717) is 6.54 Å². The third kappa shape index (κ3) is 6.44. The molecule has 1 amide bonds. The van der Waals surface area contributed by atoms with Gasteiger partial charge in [0.05, 0.1) is 0 Å². The molecule has 0 radical (unpaired) electrons. The van der Waals surface area contributed by atoms with Gasteiger partial charge in [-0.25, -0.2) is 0 Å². The maximum atomic E-state index is 12.6. The minimum absolute atomic E-state index is 0.0307. The fourth-order valence-corrected chi connectivity index (χ4v) is 4.30. The molecule has 1 saturated heterocycles. The number of carbonyl (C=O) groups excluding carboxylic acids is 1. The monoisotopic (exact) mass is 443 g/mol. The largest absolute Gasteiger partial charge is 0.369 e. The topological polar surface area (TPSA) is 44.8 Å². The first-order valence-electron chi connectivity index (χ1n) is 11.7. The van der Waals surface area contributed by atoms with Crippen molar-refractivity contribution in [1.82, 2.24) is 10.2 Å². The van der Waals surface area contributed by atoms with Crippen molar-refractivity contribution in [3.8, 4) is 0 Å². The predicted octanol–water partition coefficient (Wildman–Crippen LogP) is 4.12. The zero-order chi connectivity index (χ0) is 22.9. The summed E-state index contributed by atoms with van der Waals surface area (Å²) in [5, 5.41) is 3.06. The lowest BCUT2D eigenvalue weighted by molar-refractivity contribution is -0.127. The second-order valence-corrected chi connectivity index (χ2v) is 8.52. The van der Waals surface area contributed by atoms with Gasteiger partial charge in [0.2, 0.25) is 5.91 Å². The molecule has 33 heavy (non-hydrogen) atoms. The highest BCUT2D eigenvalue weighted by Crippen LogP contribution is 2.25. The number of carbonyl (C=O) groups is 1. The van der Waals surface area contributed by atoms with Gasteiger partial charge in [-0.15, -0.1) is 0 Å². The van der Waals surface area contributed by atoms with Gasteiger partial charge in [0, 0.05) is 44.5 Å². The Kier molecular flexibility index (Phi) is 8.12. The number of nitrogens with zero attached hydrogens (tertiary/aromatic N) is 2. The highest BCUT2D eigenvalue weighted by molar-refractivity contribution is 5.77. The number of hydrogen-bond donors (Lipinski definition) is 1. The van der Waals surface area contributed by atoms with Gasteiger partial charge in [0.25, 0.3) is 0 Å². The molecule has 0 bridgehead atoms. The van der Waals surface area contributed by atoms with Crippen LogP contribution in [-0.4, -0.2) is 56.2 Å². The first-order chi connectivity index (χ1) is 16.2. The SMILES string of the molecule is C[C@@H](CNC(=O)COC(c1ccccc1)c1ccccc1)N1CCN(c2ccccc2)CC1. The summed E-state index contributed by atoms with van der Waals surface area (Å²) >= 11 is 0. The molecule has 4 rings (SSSR count). The molecular formula is C28H33N3O2. The lowest BCUT2D eigenvalue weighted by atomic mass is 10.0. The Morgan fingerprint density at radius 2 is 1.33 bits per heavy atom. The minimum Gasteiger partial charge on any atom is -0.369 e. The molecule has 1 atom stereocenters. The number of para-hydroxylation sites is 1. The van der Waals surface area contributed by atoms with Crippen LogP contribution in [0.3, 0.4) is 0 Å². The van der Waals surface area contributed by atoms with Gasteiger partial charge in [-0.05, 0) is 30.2 Å². The second-order valence-electron chi connectivity index (χ2n) is 8.52. The molecule has 5 nitrogen and oxygen atoms in total. The van der Waals surface area contributed by atoms with Crippen LogP contribution in [0.25, 0.3) is 0 Å². The quantitative estimate of drug-likeness (QED) is 0.540. The van der Waals surface area contributed by atoms with Gasteiger partial charge < -0.3 is 15.0 Å².